The topological polar surface area (TPSA) is 89.3 Å². The van der Waals surface area contributed by atoms with E-state index in [9.17, 15) is 4.79 Å². The lowest BCUT2D eigenvalue weighted by molar-refractivity contribution is -0.121. The molecule has 1 aliphatic rings. The van der Waals surface area contributed by atoms with Crippen LogP contribution < -0.4 is 21.3 Å². The van der Waals surface area contributed by atoms with Crippen LogP contribution in [0.4, 0.5) is 0 Å². The van der Waals surface area contributed by atoms with E-state index in [0.29, 0.717) is 6.54 Å². The van der Waals surface area contributed by atoms with E-state index in [4.69, 9.17) is 10.6 Å². The fourth-order valence-electron chi connectivity index (χ4n) is 3.68. The number of nitrogens with zero attached hydrogens (tertiary/aromatic N) is 1. The van der Waals surface area contributed by atoms with Gasteiger partial charge < -0.3 is 4.74 Å². The van der Waals surface area contributed by atoms with E-state index in [-0.39, 0.29) is 5.91 Å². The number of aromatic nitrogens is 1. The van der Waals surface area contributed by atoms with Crippen LogP contribution >= 0.6 is 11.8 Å². The third-order valence-corrected chi connectivity index (χ3v) is 6.37. The van der Waals surface area contributed by atoms with Gasteiger partial charge in [0.15, 0.2) is 0 Å². The van der Waals surface area contributed by atoms with Gasteiger partial charge >= 0.3 is 0 Å². The molecule has 0 radical (unpaired) electrons. The fourth-order valence-corrected chi connectivity index (χ4v) is 4.84. The first-order valence-electron chi connectivity index (χ1n) is 9.24. The Morgan fingerprint density at radius 3 is 2.76 bits per heavy atom. The van der Waals surface area contributed by atoms with E-state index in [1.807, 2.05) is 66.2 Å². The molecule has 6 nitrogen and oxygen atoms in total. The maximum Gasteiger partial charge on any atom is 0.249 e. The molecule has 0 aliphatic carbocycles. The van der Waals surface area contributed by atoms with Crippen LogP contribution in [0.1, 0.15) is 11.1 Å². The number of rotatable bonds is 6. The monoisotopic (exact) mass is 406 g/mol. The Bertz CT molecular complexity index is 1050. The normalized spacial score (nSPS) is 20.7. The number of fused-ring (bicyclic) bond motifs is 1. The van der Waals surface area contributed by atoms with Crippen molar-refractivity contribution in [2.75, 3.05) is 7.11 Å². The van der Waals surface area contributed by atoms with Gasteiger partial charge in [-0.05, 0) is 40.8 Å². The van der Waals surface area contributed by atoms with Gasteiger partial charge in [-0.25, -0.2) is 5.84 Å². The minimum Gasteiger partial charge on any atom is -0.497 e. The number of carbonyl (C=O) groups is 1. The van der Waals surface area contributed by atoms with Crippen LogP contribution in [0, 0.1) is 0 Å². The lowest BCUT2D eigenvalue weighted by atomic mass is 9.85. The summed E-state index contributed by atoms with van der Waals surface area (Å²) in [6.07, 6.45) is 3.84. The maximum absolute atomic E-state index is 12.6. The molecule has 148 valence electrons. The van der Waals surface area contributed by atoms with E-state index in [0.717, 1.165) is 27.8 Å². The number of thioether (sulfide) groups is 1. The molecule has 1 aromatic heterocycles. The number of benzene rings is 2. The van der Waals surface area contributed by atoms with Crippen molar-refractivity contribution in [2.24, 2.45) is 5.84 Å². The van der Waals surface area contributed by atoms with Crippen LogP contribution in [0.2, 0.25) is 0 Å². The van der Waals surface area contributed by atoms with Gasteiger partial charge in [0.05, 0.1) is 18.2 Å². The number of hydrogen-bond donors (Lipinski definition) is 3. The Kier molecular flexibility index (Phi) is 5.53. The summed E-state index contributed by atoms with van der Waals surface area (Å²) in [5.41, 5.74) is 4.62. The smallest absolute Gasteiger partial charge is 0.249 e. The molecule has 4 rings (SSSR count). The number of hydrogen-bond acceptors (Lipinski definition) is 6. The Morgan fingerprint density at radius 1 is 1.21 bits per heavy atom. The van der Waals surface area contributed by atoms with E-state index in [2.05, 4.69) is 21.8 Å². The van der Waals surface area contributed by atoms with Gasteiger partial charge in [0, 0.05) is 18.1 Å². The third-order valence-electron chi connectivity index (χ3n) is 5.22. The summed E-state index contributed by atoms with van der Waals surface area (Å²) in [4.78, 5) is 17.0. The number of ether oxygens (including phenoxy) is 1. The first kappa shape index (κ1) is 19.4. The Morgan fingerprint density at radius 2 is 2.00 bits per heavy atom. The van der Waals surface area contributed by atoms with Gasteiger partial charge in [0.25, 0.3) is 0 Å². The number of carbonyl (C=O) groups excluding carboxylic acids is 1. The summed E-state index contributed by atoms with van der Waals surface area (Å²) in [7, 11) is 1.63. The second kappa shape index (κ2) is 8.24. The highest BCUT2D eigenvalue weighted by Gasteiger charge is 2.45. The third kappa shape index (κ3) is 3.60. The molecule has 7 heteroatoms. The molecular weight excluding hydrogens is 384 g/mol. The minimum absolute atomic E-state index is 0.233. The number of hydrazine groups is 1. The number of para-hydroxylation sites is 1. The Balaban J connectivity index is 1.72. The molecule has 1 amide bonds. The number of pyridine rings is 1. The molecule has 2 aromatic carbocycles. The average molecular weight is 407 g/mol. The summed E-state index contributed by atoms with van der Waals surface area (Å²) in [5, 5.41) is 6.23. The molecule has 0 spiro atoms. The highest BCUT2D eigenvalue weighted by atomic mass is 32.2. The summed E-state index contributed by atoms with van der Waals surface area (Å²) >= 11 is 1.45. The molecule has 0 bridgehead atoms. The molecule has 1 aliphatic heterocycles. The quantitative estimate of drug-likeness (QED) is 0.331. The van der Waals surface area contributed by atoms with Gasteiger partial charge in [-0.3, -0.25) is 20.5 Å². The lowest BCUT2D eigenvalue weighted by Crippen LogP contribution is -2.54. The van der Waals surface area contributed by atoms with Crippen LogP contribution in [0.15, 0.2) is 72.3 Å². The van der Waals surface area contributed by atoms with E-state index >= 15 is 0 Å². The molecule has 3 aromatic rings. The number of nitrogens with two attached hydrogens (primary N) is 1. The van der Waals surface area contributed by atoms with Crippen molar-refractivity contribution in [3.8, 4) is 5.75 Å². The van der Waals surface area contributed by atoms with Crippen molar-refractivity contribution in [3.05, 3.63) is 83.4 Å². The van der Waals surface area contributed by atoms with Gasteiger partial charge in [-0.2, -0.15) is 0 Å². The van der Waals surface area contributed by atoms with Gasteiger partial charge in [0.2, 0.25) is 5.91 Å². The van der Waals surface area contributed by atoms with Crippen LogP contribution in [0.25, 0.3) is 10.9 Å². The average Bonchev–Trinajstić information content (AvgIpc) is 3.22. The van der Waals surface area contributed by atoms with Crippen molar-refractivity contribution in [2.45, 2.75) is 17.3 Å². The number of nitrogens with one attached hydrogen (secondary N) is 2. The summed E-state index contributed by atoms with van der Waals surface area (Å²) in [5.74, 6) is 6.01. The van der Waals surface area contributed by atoms with Gasteiger partial charge in [-0.15, -0.1) is 11.8 Å². The molecule has 29 heavy (non-hydrogen) atoms. The van der Waals surface area contributed by atoms with E-state index < -0.39 is 10.8 Å². The highest BCUT2D eigenvalue weighted by Crippen LogP contribution is 2.42. The molecule has 4 N–H and O–H groups in total. The number of amides is 1. The SMILES string of the molecule is COc1ccc(C2(NCc3ccnc4ccccc34)C=CSC2C(=O)NN)cc1. The summed E-state index contributed by atoms with van der Waals surface area (Å²) < 4.78 is 5.29. The first-order chi connectivity index (χ1) is 14.2. The largest absolute Gasteiger partial charge is 0.497 e. The molecule has 0 saturated heterocycles. The fraction of sp³-hybridized carbons (Fsp3) is 0.182. The molecule has 2 unspecified atom stereocenters. The van der Waals surface area contributed by atoms with Crippen molar-refractivity contribution in [1.29, 1.82) is 0 Å². The van der Waals surface area contributed by atoms with Crippen molar-refractivity contribution in [3.63, 3.8) is 0 Å². The van der Waals surface area contributed by atoms with Crippen molar-refractivity contribution in [1.82, 2.24) is 15.7 Å². The zero-order valence-corrected chi connectivity index (χ0v) is 16.8. The zero-order valence-electron chi connectivity index (χ0n) is 16.0. The van der Waals surface area contributed by atoms with Crippen molar-refractivity contribution < 1.29 is 9.53 Å². The van der Waals surface area contributed by atoms with Crippen molar-refractivity contribution >= 4 is 28.6 Å². The van der Waals surface area contributed by atoms with Crippen LogP contribution in [0.5, 0.6) is 5.75 Å². The molecule has 0 saturated carbocycles. The van der Waals surface area contributed by atoms with Crippen LogP contribution in [0.3, 0.4) is 0 Å². The Hall–Kier alpha value is -2.87. The van der Waals surface area contributed by atoms with Gasteiger partial charge in [-0.1, -0.05) is 36.4 Å². The van der Waals surface area contributed by atoms with Crippen LogP contribution in [-0.2, 0) is 16.9 Å². The van der Waals surface area contributed by atoms with E-state index in [1.165, 1.54) is 11.8 Å². The maximum atomic E-state index is 12.6. The predicted octanol–water partition coefficient (Wildman–Crippen LogP) is 2.85. The predicted molar refractivity (Wildman–Crippen MR) is 116 cm³/mol. The van der Waals surface area contributed by atoms with Crippen LogP contribution in [-0.4, -0.2) is 23.3 Å². The molecule has 2 atom stereocenters. The van der Waals surface area contributed by atoms with E-state index in [1.54, 1.807) is 7.11 Å². The summed E-state index contributed by atoms with van der Waals surface area (Å²) in [6.45, 7) is 0.564. The minimum atomic E-state index is -0.704. The second-order valence-corrected chi connectivity index (χ2v) is 7.78. The molecule has 0 fully saturated rings. The zero-order chi connectivity index (χ0) is 20.3. The summed E-state index contributed by atoms with van der Waals surface area (Å²) in [6, 6.07) is 17.8. The standard InChI is InChI=1S/C22H22N4O2S/c1-28-17-8-6-16(7-9-17)22(11-13-29-20(22)21(27)26-23)25-14-15-10-12-24-19-5-3-2-4-18(15)19/h2-13,20,25H,14,23H2,1H3,(H,26,27). The highest BCUT2D eigenvalue weighted by molar-refractivity contribution is 8.03. The number of methoxy groups -OCH3 is 1. The second-order valence-electron chi connectivity index (χ2n) is 6.77. The Labute approximate surface area is 173 Å². The molecule has 2 heterocycles. The first-order valence-corrected chi connectivity index (χ1v) is 10.2. The van der Waals surface area contributed by atoms with Gasteiger partial charge in [0.1, 0.15) is 11.0 Å². The lowest BCUT2D eigenvalue weighted by Gasteiger charge is -2.35. The molecular formula is C22H22N4O2S.